The van der Waals surface area contributed by atoms with Crippen molar-refractivity contribution in [1.82, 2.24) is 0 Å². The second-order valence-electron chi connectivity index (χ2n) is 10.1. The van der Waals surface area contributed by atoms with Crippen molar-refractivity contribution in [2.75, 3.05) is 11.9 Å². The summed E-state index contributed by atoms with van der Waals surface area (Å²) in [6.07, 6.45) is 4.93. The number of benzene rings is 3. The Hall–Kier alpha value is -3.55. The van der Waals surface area contributed by atoms with Crippen molar-refractivity contribution in [2.24, 2.45) is 5.73 Å². The highest BCUT2D eigenvalue weighted by atomic mass is 32.2. The molecule has 0 aromatic heterocycles. The Bertz CT molecular complexity index is 1880. The number of nitrogens with one attached hydrogen (secondary N) is 1. The topological polar surface area (TPSA) is 173 Å². The smallest absolute Gasteiger partial charge is 0.295 e. The maximum atomic E-state index is 12.6. The van der Waals surface area contributed by atoms with Crippen molar-refractivity contribution in [3.05, 3.63) is 75.2 Å². The molecule has 10 nitrogen and oxygen atoms in total. The molecule has 5 N–H and O–H groups in total. The predicted octanol–water partition coefficient (Wildman–Crippen LogP) is 3.53. The number of rotatable bonds is 11. The third kappa shape index (κ3) is 6.42. The highest BCUT2D eigenvalue weighted by Crippen LogP contribution is 2.41. The molecular weight excluding hydrogens is 580 g/mol. The van der Waals surface area contributed by atoms with E-state index in [1.165, 1.54) is 6.07 Å². The van der Waals surface area contributed by atoms with Gasteiger partial charge >= 0.3 is 0 Å². The summed E-state index contributed by atoms with van der Waals surface area (Å²) in [6.45, 7) is 8.26. The van der Waals surface area contributed by atoms with Gasteiger partial charge in [-0.3, -0.25) is 13.9 Å². The molecule has 1 amide bonds. The Morgan fingerprint density at radius 2 is 1.60 bits per heavy atom. The van der Waals surface area contributed by atoms with E-state index in [2.05, 4.69) is 25.7 Å². The summed E-state index contributed by atoms with van der Waals surface area (Å²) in [4.78, 5) is 10.6. The van der Waals surface area contributed by atoms with Crippen LogP contribution in [0.4, 0.5) is 5.69 Å². The van der Waals surface area contributed by atoms with Crippen LogP contribution in [0.5, 0.6) is 11.5 Å². The van der Waals surface area contributed by atoms with Crippen LogP contribution >= 0.6 is 0 Å². The van der Waals surface area contributed by atoms with Crippen LogP contribution in [0.1, 0.15) is 61.8 Å². The zero-order valence-corrected chi connectivity index (χ0v) is 25.1. The Morgan fingerprint density at radius 1 is 0.929 bits per heavy atom. The van der Waals surface area contributed by atoms with Gasteiger partial charge in [0.2, 0.25) is 5.91 Å². The third-order valence-electron chi connectivity index (χ3n) is 7.17. The van der Waals surface area contributed by atoms with Crippen molar-refractivity contribution in [3.8, 4) is 11.5 Å². The van der Waals surface area contributed by atoms with Crippen molar-refractivity contribution < 1.29 is 35.5 Å². The fourth-order valence-electron chi connectivity index (χ4n) is 5.06. The number of hydrogen-bond donors (Lipinski definition) is 4. The Morgan fingerprint density at radius 3 is 2.21 bits per heavy atom. The zero-order valence-electron chi connectivity index (χ0n) is 23.4. The molecule has 0 radical (unpaired) electrons. The molecule has 224 valence electrons. The molecule has 0 spiro atoms. The van der Waals surface area contributed by atoms with Crippen LogP contribution < -0.4 is 26.2 Å². The number of aryl methyl sites for hydroxylation is 1. The molecule has 0 fully saturated rings. The summed E-state index contributed by atoms with van der Waals surface area (Å²) in [7, 11) is -9.76. The van der Waals surface area contributed by atoms with Gasteiger partial charge in [0.05, 0.1) is 11.4 Å². The SMILES string of the molecule is C=c1c(CCCC)cc2c(c1CCCC)Oc1cc(NC(=O)CN)ccc1C=2c1ccc(S(=O)(=O)O)cc1S(=O)(=O)O. The van der Waals surface area contributed by atoms with Crippen LogP contribution in [0, 0.1) is 0 Å². The number of hydrogen-bond acceptors (Lipinski definition) is 7. The monoisotopic (exact) mass is 614 g/mol. The lowest BCUT2D eigenvalue weighted by Crippen LogP contribution is -2.27. The number of nitrogens with two attached hydrogens (primary N) is 1. The molecule has 0 saturated carbocycles. The van der Waals surface area contributed by atoms with E-state index in [9.17, 15) is 30.7 Å². The average molecular weight is 615 g/mol. The first-order valence-corrected chi connectivity index (χ1v) is 16.5. The lowest BCUT2D eigenvalue weighted by atomic mass is 9.88. The van der Waals surface area contributed by atoms with Gasteiger partial charge < -0.3 is 15.8 Å². The minimum absolute atomic E-state index is 0.00846. The molecule has 1 aliphatic rings. The number of anilines is 1. The summed E-state index contributed by atoms with van der Waals surface area (Å²) >= 11 is 0. The van der Waals surface area contributed by atoms with Crippen molar-refractivity contribution in [1.29, 1.82) is 0 Å². The van der Waals surface area contributed by atoms with E-state index in [-0.39, 0.29) is 12.1 Å². The van der Waals surface area contributed by atoms with E-state index in [0.717, 1.165) is 60.6 Å². The minimum atomic E-state index is -4.98. The van der Waals surface area contributed by atoms with Crippen LogP contribution in [0.25, 0.3) is 12.2 Å². The fourth-order valence-corrected chi connectivity index (χ4v) is 6.37. The van der Waals surface area contributed by atoms with Gasteiger partial charge in [-0.25, -0.2) is 0 Å². The molecule has 0 unspecified atom stereocenters. The standard InChI is InChI=1S/C30H34N2O8S2/c1-4-6-8-19-14-25-29(24-13-11-21(41(34,35)36)16-27(24)42(37,38)39)23-12-10-20(32-28(33)17-31)15-26(23)40-30(25)22(18(19)3)9-7-5-2/h10-16H,3-9,17,31H2,1-2H3,(H,32,33)(H,34,35,36)(H,37,38,39). The summed E-state index contributed by atoms with van der Waals surface area (Å²) in [5, 5.41) is 4.05. The molecule has 0 saturated heterocycles. The van der Waals surface area contributed by atoms with Gasteiger partial charge in [0.25, 0.3) is 20.2 Å². The lowest BCUT2D eigenvalue weighted by Gasteiger charge is -2.26. The number of carbonyl (C=O) groups excluding carboxylic acids is 1. The van der Waals surface area contributed by atoms with E-state index >= 15 is 0 Å². The fraction of sp³-hybridized carbons (Fsp3) is 0.300. The number of unbranched alkanes of at least 4 members (excludes halogenated alkanes) is 2. The average Bonchev–Trinajstić information content (AvgIpc) is 2.93. The maximum Gasteiger partial charge on any atom is 0.295 e. The normalized spacial score (nSPS) is 12.8. The number of ether oxygens (including phenoxy) is 1. The largest absolute Gasteiger partial charge is 0.456 e. The summed E-state index contributed by atoms with van der Waals surface area (Å²) < 4.78 is 75.3. The quantitative estimate of drug-likeness (QED) is 0.184. The van der Waals surface area contributed by atoms with Crippen LogP contribution in [0.2, 0.25) is 0 Å². The van der Waals surface area contributed by atoms with Gasteiger partial charge in [0.15, 0.2) is 0 Å². The Kier molecular flexibility index (Phi) is 9.24. The summed E-state index contributed by atoms with van der Waals surface area (Å²) in [6, 6.07) is 9.76. The Balaban J connectivity index is 2.18. The number of carbonyl (C=O) groups is 1. The van der Waals surface area contributed by atoms with Crippen molar-refractivity contribution >= 4 is 44.0 Å². The van der Waals surface area contributed by atoms with Crippen molar-refractivity contribution in [2.45, 2.75) is 62.2 Å². The minimum Gasteiger partial charge on any atom is -0.456 e. The first-order chi connectivity index (χ1) is 19.8. The molecule has 0 bridgehead atoms. The van der Waals surface area contributed by atoms with Crippen LogP contribution in [0.3, 0.4) is 0 Å². The summed E-state index contributed by atoms with van der Waals surface area (Å²) in [5.74, 6) is 0.332. The first kappa shape index (κ1) is 31.4. The molecule has 1 heterocycles. The van der Waals surface area contributed by atoms with E-state index in [1.807, 2.05) is 6.07 Å². The van der Waals surface area contributed by atoms with E-state index < -0.39 is 35.9 Å². The van der Waals surface area contributed by atoms with Crippen LogP contribution in [-0.4, -0.2) is 38.4 Å². The second-order valence-corrected chi connectivity index (χ2v) is 12.9. The molecule has 42 heavy (non-hydrogen) atoms. The van der Waals surface area contributed by atoms with Crippen LogP contribution in [0.15, 0.2) is 52.3 Å². The highest BCUT2D eigenvalue weighted by Gasteiger charge is 2.29. The zero-order chi connectivity index (χ0) is 30.8. The van der Waals surface area contributed by atoms with Gasteiger partial charge in [-0.05, 0) is 66.8 Å². The molecule has 12 heteroatoms. The third-order valence-corrected chi connectivity index (χ3v) is 8.91. The molecule has 3 aromatic rings. The van der Waals surface area contributed by atoms with Gasteiger partial charge in [0.1, 0.15) is 16.4 Å². The van der Waals surface area contributed by atoms with E-state index in [0.29, 0.717) is 40.0 Å². The number of fused-ring (bicyclic) bond motifs is 2. The van der Waals surface area contributed by atoms with E-state index in [1.54, 1.807) is 18.2 Å². The van der Waals surface area contributed by atoms with Crippen molar-refractivity contribution in [3.63, 3.8) is 0 Å². The lowest BCUT2D eigenvalue weighted by molar-refractivity contribution is -0.114. The maximum absolute atomic E-state index is 12.6. The molecule has 1 aliphatic heterocycles. The molecule has 4 rings (SSSR count). The molecular formula is C30H34N2O8S2. The van der Waals surface area contributed by atoms with Gasteiger partial charge in [-0.1, -0.05) is 39.3 Å². The molecule has 0 aliphatic carbocycles. The highest BCUT2D eigenvalue weighted by molar-refractivity contribution is 7.86. The van der Waals surface area contributed by atoms with E-state index in [4.69, 9.17) is 10.5 Å². The van der Waals surface area contributed by atoms with Gasteiger partial charge in [0, 0.05) is 39.2 Å². The van der Waals surface area contributed by atoms with Gasteiger partial charge in [-0.2, -0.15) is 16.8 Å². The summed E-state index contributed by atoms with van der Waals surface area (Å²) in [5.41, 5.74) is 8.48. The first-order valence-electron chi connectivity index (χ1n) is 13.6. The predicted molar refractivity (Wildman–Crippen MR) is 160 cm³/mol. The van der Waals surface area contributed by atoms with Gasteiger partial charge in [-0.15, -0.1) is 0 Å². The molecule has 3 aromatic carbocycles. The second kappa shape index (κ2) is 12.4. The van der Waals surface area contributed by atoms with Crippen LogP contribution in [-0.2, 0) is 37.9 Å². The Labute approximate surface area is 245 Å². The number of amides is 1. The molecule has 0 atom stereocenters.